The molecule has 0 bridgehead atoms. The minimum atomic E-state index is -0.593. The van der Waals surface area contributed by atoms with E-state index in [1.165, 1.54) is 0 Å². The van der Waals surface area contributed by atoms with Crippen LogP contribution in [0.15, 0.2) is 18.2 Å². The highest BCUT2D eigenvalue weighted by Gasteiger charge is 2.19. The second kappa shape index (κ2) is 7.62. The van der Waals surface area contributed by atoms with Crippen molar-refractivity contribution in [1.82, 2.24) is 4.90 Å². The Morgan fingerprint density at radius 3 is 2.70 bits per heavy atom. The van der Waals surface area contributed by atoms with Gasteiger partial charge in [0.1, 0.15) is 0 Å². The fraction of sp³-hybridized carbons (Fsp3) is 0.600. The number of hydrogen-bond acceptors (Lipinski definition) is 3. The molecular weight excluding hydrogens is 297 g/mol. The summed E-state index contributed by atoms with van der Waals surface area (Å²) in [6.45, 7) is 3.25. The van der Waals surface area contributed by atoms with Gasteiger partial charge in [-0.05, 0) is 37.9 Å². The fourth-order valence-corrected chi connectivity index (χ4v) is 3.14. The topological polar surface area (TPSA) is 32.7 Å². The van der Waals surface area contributed by atoms with Crippen LogP contribution in [0.25, 0.3) is 0 Å². The second-order valence-corrected chi connectivity index (χ2v) is 6.30. The molecule has 1 aromatic rings. The molecule has 20 heavy (non-hydrogen) atoms. The molecule has 1 aromatic carbocycles. The van der Waals surface area contributed by atoms with Gasteiger partial charge >= 0.3 is 0 Å². The SMILES string of the molecule is CN(CC1CCOCC1)CC(O)c1ccc(Cl)cc1Cl. The summed E-state index contributed by atoms with van der Waals surface area (Å²) in [6, 6.07) is 5.21. The number of likely N-dealkylation sites (N-methyl/N-ethyl adjacent to an activating group) is 1. The van der Waals surface area contributed by atoms with Crippen molar-refractivity contribution in [2.75, 3.05) is 33.4 Å². The molecule has 1 aliphatic heterocycles. The Labute approximate surface area is 130 Å². The van der Waals surface area contributed by atoms with Gasteiger partial charge in [-0.3, -0.25) is 0 Å². The minimum absolute atomic E-state index is 0.518. The van der Waals surface area contributed by atoms with Gasteiger partial charge in [-0.15, -0.1) is 0 Å². The number of aliphatic hydroxyl groups is 1. The maximum absolute atomic E-state index is 10.3. The smallest absolute Gasteiger partial charge is 0.0931 e. The molecule has 0 spiro atoms. The summed E-state index contributed by atoms with van der Waals surface area (Å²) >= 11 is 12.0. The third-order valence-corrected chi connectivity index (χ3v) is 4.28. The molecule has 1 N–H and O–H groups in total. The van der Waals surface area contributed by atoms with E-state index in [9.17, 15) is 5.11 Å². The van der Waals surface area contributed by atoms with Gasteiger partial charge in [0.25, 0.3) is 0 Å². The lowest BCUT2D eigenvalue weighted by Crippen LogP contribution is -2.32. The van der Waals surface area contributed by atoms with Gasteiger partial charge < -0.3 is 14.7 Å². The van der Waals surface area contributed by atoms with E-state index in [1.807, 2.05) is 7.05 Å². The average Bonchev–Trinajstić information content (AvgIpc) is 2.39. The Morgan fingerprint density at radius 2 is 2.05 bits per heavy atom. The molecule has 1 heterocycles. The van der Waals surface area contributed by atoms with E-state index in [0.717, 1.165) is 38.2 Å². The van der Waals surface area contributed by atoms with E-state index < -0.39 is 6.10 Å². The van der Waals surface area contributed by atoms with Gasteiger partial charge in [0.2, 0.25) is 0 Å². The predicted molar refractivity (Wildman–Crippen MR) is 82.5 cm³/mol. The van der Waals surface area contributed by atoms with Crippen LogP contribution in [0.3, 0.4) is 0 Å². The van der Waals surface area contributed by atoms with Crippen LogP contribution in [0.2, 0.25) is 10.0 Å². The van der Waals surface area contributed by atoms with Gasteiger partial charge in [0.05, 0.1) is 6.10 Å². The van der Waals surface area contributed by atoms with E-state index in [0.29, 0.717) is 22.5 Å². The summed E-state index contributed by atoms with van der Waals surface area (Å²) in [6.07, 6.45) is 1.61. The maximum Gasteiger partial charge on any atom is 0.0931 e. The van der Waals surface area contributed by atoms with E-state index in [-0.39, 0.29) is 0 Å². The first-order chi connectivity index (χ1) is 9.56. The number of nitrogens with zero attached hydrogens (tertiary/aromatic N) is 1. The Hall–Kier alpha value is -0.320. The summed E-state index contributed by atoms with van der Waals surface area (Å²) in [7, 11) is 2.03. The molecule has 2 rings (SSSR count). The number of rotatable bonds is 5. The number of halogens is 2. The normalized spacial score (nSPS) is 18.4. The van der Waals surface area contributed by atoms with Crippen LogP contribution in [0.1, 0.15) is 24.5 Å². The zero-order valence-electron chi connectivity index (χ0n) is 11.7. The van der Waals surface area contributed by atoms with Crippen LogP contribution in [-0.4, -0.2) is 43.4 Å². The first kappa shape index (κ1) is 16.1. The molecule has 112 valence electrons. The molecule has 1 atom stereocenters. The highest BCUT2D eigenvalue weighted by Crippen LogP contribution is 2.27. The molecule has 1 saturated heterocycles. The molecule has 0 aliphatic carbocycles. The van der Waals surface area contributed by atoms with Crippen molar-refractivity contribution in [1.29, 1.82) is 0 Å². The third kappa shape index (κ3) is 4.61. The number of hydrogen-bond donors (Lipinski definition) is 1. The highest BCUT2D eigenvalue weighted by atomic mass is 35.5. The monoisotopic (exact) mass is 317 g/mol. The third-order valence-electron chi connectivity index (χ3n) is 3.72. The van der Waals surface area contributed by atoms with Crippen molar-refractivity contribution < 1.29 is 9.84 Å². The largest absolute Gasteiger partial charge is 0.387 e. The summed E-state index contributed by atoms with van der Waals surface area (Å²) < 4.78 is 5.36. The van der Waals surface area contributed by atoms with E-state index in [4.69, 9.17) is 27.9 Å². The maximum atomic E-state index is 10.3. The lowest BCUT2D eigenvalue weighted by Gasteiger charge is -2.28. The quantitative estimate of drug-likeness (QED) is 0.903. The molecule has 0 radical (unpaired) electrons. The van der Waals surface area contributed by atoms with Crippen molar-refractivity contribution in [3.05, 3.63) is 33.8 Å². The van der Waals surface area contributed by atoms with Gasteiger partial charge in [0, 0.05) is 41.9 Å². The molecule has 3 nitrogen and oxygen atoms in total. The molecule has 0 saturated carbocycles. The zero-order valence-corrected chi connectivity index (χ0v) is 13.2. The van der Waals surface area contributed by atoms with Gasteiger partial charge in [-0.25, -0.2) is 0 Å². The second-order valence-electron chi connectivity index (χ2n) is 5.46. The highest BCUT2D eigenvalue weighted by molar-refractivity contribution is 6.35. The Morgan fingerprint density at radius 1 is 1.35 bits per heavy atom. The number of benzene rings is 1. The Kier molecular flexibility index (Phi) is 6.12. The van der Waals surface area contributed by atoms with Crippen LogP contribution in [-0.2, 0) is 4.74 Å². The summed E-state index contributed by atoms with van der Waals surface area (Å²) in [4.78, 5) is 2.16. The van der Waals surface area contributed by atoms with Crippen molar-refractivity contribution >= 4 is 23.2 Å². The Balaban J connectivity index is 1.87. The number of ether oxygens (including phenoxy) is 1. The molecule has 1 unspecified atom stereocenters. The van der Waals surface area contributed by atoms with Crippen molar-refractivity contribution in [2.45, 2.75) is 18.9 Å². The summed E-state index contributed by atoms with van der Waals surface area (Å²) in [5.41, 5.74) is 0.731. The number of aliphatic hydroxyl groups excluding tert-OH is 1. The predicted octanol–water partition coefficient (Wildman–Crippen LogP) is 3.39. The molecular formula is C15H21Cl2NO2. The van der Waals surface area contributed by atoms with Crippen LogP contribution in [0, 0.1) is 5.92 Å². The standard InChI is InChI=1S/C15H21Cl2NO2/c1-18(9-11-4-6-20-7-5-11)10-15(19)13-3-2-12(16)8-14(13)17/h2-3,8,11,15,19H,4-7,9-10H2,1H3. The van der Waals surface area contributed by atoms with Crippen molar-refractivity contribution in [3.8, 4) is 0 Å². The van der Waals surface area contributed by atoms with Gasteiger partial charge in [-0.2, -0.15) is 0 Å². The molecule has 0 aromatic heterocycles. The van der Waals surface area contributed by atoms with Gasteiger partial charge in [-0.1, -0.05) is 29.3 Å². The molecule has 5 heteroatoms. The lowest BCUT2D eigenvalue weighted by molar-refractivity contribution is 0.0478. The van der Waals surface area contributed by atoms with Crippen LogP contribution in [0.4, 0.5) is 0 Å². The molecule has 1 aliphatic rings. The van der Waals surface area contributed by atoms with Gasteiger partial charge in [0.15, 0.2) is 0 Å². The molecule has 1 fully saturated rings. The Bertz CT molecular complexity index is 436. The van der Waals surface area contributed by atoms with Crippen LogP contribution >= 0.6 is 23.2 Å². The van der Waals surface area contributed by atoms with E-state index in [2.05, 4.69) is 4.90 Å². The van der Waals surface area contributed by atoms with Crippen LogP contribution in [0.5, 0.6) is 0 Å². The van der Waals surface area contributed by atoms with E-state index >= 15 is 0 Å². The first-order valence-electron chi connectivity index (χ1n) is 6.95. The summed E-state index contributed by atoms with van der Waals surface area (Å²) in [5, 5.41) is 11.4. The van der Waals surface area contributed by atoms with Crippen molar-refractivity contribution in [2.24, 2.45) is 5.92 Å². The van der Waals surface area contributed by atoms with Crippen LogP contribution < -0.4 is 0 Å². The minimum Gasteiger partial charge on any atom is -0.387 e. The first-order valence-corrected chi connectivity index (χ1v) is 7.71. The molecule has 0 amide bonds. The van der Waals surface area contributed by atoms with Crippen molar-refractivity contribution in [3.63, 3.8) is 0 Å². The fourth-order valence-electron chi connectivity index (χ4n) is 2.61. The van der Waals surface area contributed by atoms with E-state index in [1.54, 1.807) is 18.2 Å². The summed E-state index contributed by atoms with van der Waals surface area (Å²) in [5.74, 6) is 0.654. The average molecular weight is 318 g/mol. The lowest BCUT2D eigenvalue weighted by atomic mass is 9.99. The zero-order chi connectivity index (χ0) is 14.5.